The van der Waals surface area contributed by atoms with Crippen molar-refractivity contribution in [3.8, 4) is 44.5 Å². The maximum atomic E-state index is 6.66. The molecule has 286 valence electrons. The van der Waals surface area contributed by atoms with Crippen molar-refractivity contribution in [1.82, 2.24) is 0 Å². The van der Waals surface area contributed by atoms with Crippen LogP contribution in [-0.2, 0) is 10.8 Å². The highest BCUT2D eigenvalue weighted by molar-refractivity contribution is 6.19. The summed E-state index contributed by atoms with van der Waals surface area (Å²) in [5.41, 5.74) is 20.4. The lowest BCUT2D eigenvalue weighted by Crippen LogP contribution is -2.17. The largest absolute Gasteiger partial charge is 0.455 e. The Morgan fingerprint density at radius 2 is 1.02 bits per heavy atom. The summed E-state index contributed by atoms with van der Waals surface area (Å²) in [7, 11) is 0. The summed E-state index contributed by atoms with van der Waals surface area (Å²) in [6.07, 6.45) is 0. The van der Waals surface area contributed by atoms with Crippen molar-refractivity contribution in [1.29, 1.82) is 0 Å². The summed E-state index contributed by atoms with van der Waals surface area (Å²) in [5.74, 6) is 0. The monoisotopic (exact) mass is 769 g/mol. The second kappa shape index (κ2) is 12.7. The highest BCUT2D eigenvalue weighted by atomic mass is 16.3. The Hall–Kier alpha value is -7.16. The van der Waals surface area contributed by atoms with Crippen molar-refractivity contribution in [3.05, 3.63) is 210 Å². The van der Waals surface area contributed by atoms with Crippen LogP contribution in [0.15, 0.2) is 192 Å². The minimum absolute atomic E-state index is 0.101. The predicted molar refractivity (Wildman–Crippen MR) is 252 cm³/mol. The molecule has 0 unspecified atom stereocenters. The number of rotatable bonds is 5. The van der Waals surface area contributed by atoms with Crippen LogP contribution in [0, 0.1) is 0 Å². The van der Waals surface area contributed by atoms with E-state index >= 15 is 0 Å². The SMILES string of the molecule is CC1(C)c2ccccc2-c2ccc(N(c3cccc(-c4cccc5oc6c7ccccc7ccc6c45)c3)c3ccccc3-c3cccc4c3-c3ccccc3C4(C)C)cc21. The Labute approximate surface area is 351 Å². The first-order chi connectivity index (χ1) is 29.3. The molecule has 0 N–H and O–H groups in total. The third kappa shape index (κ3) is 4.88. The van der Waals surface area contributed by atoms with Crippen molar-refractivity contribution < 1.29 is 4.42 Å². The van der Waals surface area contributed by atoms with Gasteiger partial charge in [-0.1, -0.05) is 173 Å². The highest BCUT2D eigenvalue weighted by Crippen LogP contribution is 2.55. The third-order valence-electron chi connectivity index (χ3n) is 13.7. The average molecular weight is 770 g/mol. The molecule has 0 saturated heterocycles. The molecular weight excluding hydrogens is 727 g/mol. The Bertz CT molecular complexity index is 3400. The van der Waals surface area contributed by atoms with Gasteiger partial charge in [0, 0.05) is 43.9 Å². The van der Waals surface area contributed by atoms with Gasteiger partial charge in [0.2, 0.25) is 0 Å². The van der Waals surface area contributed by atoms with Crippen molar-refractivity contribution in [2.24, 2.45) is 0 Å². The van der Waals surface area contributed by atoms with Gasteiger partial charge < -0.3 is 9.32 Å². The average Bonchev–Trinajstić information content (AvgIpc) is 3.87. The van der Waals surface area contributed by atoms with Crippen LogP contribution in [0.5, 0.6) is 0 Å². The number of nitrogens with zero attached hydrogens (tertiary/aromatic N) is 1. The quantitative estimate of drug-likeness (QED) is 0.173. The van der Waals surface area contributed by atoms with Gasteiger partial charge in [0.05, 0.1) is 5.69 Å². The summed E-state index contributed by atoms with van der Waals surface area (Å²) in [6, 6.07) is 69.4. The van der Waals surface area contributed by atoms with Gasteiger partial charge in [0.25, 0.3) is 0 Å². The van der Waals surface area contributed by atoms with Crippen LogP contribution in [-0.4, -0.2) is 0 Å². The van der Waals surface area contributed by atoms with E-state index in [0.717, 1.165) is 55.5 Å². The second-order valence-electron chi connectivity index (χ2n) is 17.6. The van der Waals surface area contributed by atoms with Crippen LogP contribution in [0.1, 0.15) is 49.9 Å². The van der Waals surface area contributed by atoms with E-state index in [9.17, 15) is 0 Å². The highest BCUT2D eigenvalue weighted by Gasteiger charge is 2.38. The van der Waals surface area contributed by atoms with E-state index in [4.69, 9.17) is 4.42 Å². The first kappa shape index (κ1) is 34.8. The molecule has 2 aliphatic carbocycles. The molecule has 0 atom stereocenters. The molecule has 0 saturated carbocycles. The first-order valence-electron chi connectivity index (χ1n) is 21.1. The molecule has 0 radical (unpaired) electrons. The summed E-state index contributed by atoms with van der Waals surface area (Å²) < 4.78 is 6.66. The topological polar surface area (TPSA) is 16.4 Å². The first-order valence-corrected chi connectivity index (χ1v) is 21.1. The Morgan fingerprint density at radius 1 is 0.400 bits per heavy atom. The molecule has 60 heavy (non-hydrogen) atoms. The van der Waals surface area contributed by atoms with Crippen molar-refractivity contribution in [2.75, 3.05) is 4.90 Å². The van der Waals surface area contributed by atoms with Gasteiger partial charge in [-0.05, 0) is 109 Å². The number of hydrogen-bond donors (Lipinski definition) is 0. The van der Waals surface area contributed by atoms with E-state index < -0.39 is 0 Å². The Morgan fingerprint density at radius 3 is 1.88 bits per heavy atom. The number of para-hydroxylation sites is 1. The molecule has 0 fully saturated rings. The molecule has 9 aromatic carbocycles. The maximum absolute atomic E-state index is 6.66. The number of fused-ring (bicyclic) bond motifs is 11. The van der Waals surface area contributed by atoms with Crippen LogP contribution < -0.4 is 4.90 Å². The van der Waals surface area contributed by atoms with Gasteiger partial charge in [0.15, 0.2) is 0 Å². The second-order valence-corrected chi connectivity index (χ2v) is 17.6. The van der Waals surface area contributed by atoms with Crippen LogP contribution in [0.2, 0.25) is 0 Å². The molecule has 0 spiro atoms. The molecule has 1 heterocycles. The van der Waals surface area contributed by atoms with Crippen molar-refractivity contribution in [2.45, 2.75) is 38.5 Å². The molecular formula is C58H43NO. The fourth-order valence-electron chi connectivity index (χ4n) is 10.7. The van der Waals surface area contributed by atoms with Gasteiger partial charge in [-0.15, -0.1) is 0 Å². The smallest absolute Gasteiger partial charge is 0.143 e. The molecule has 0 aliphatic heterocycles. The number of anilines is 3. The van der Waals surface area contributed by atoms with E-state index in [2.05, 4.69) is 221 Å². The van der Waals surface area contributed by atoms with Gasteiger partial charge in [-0.25, -0.2) is 0 Å². The van der Waals surface area contributed by atoms with Crippen LogP contribution in [0.4, 0.5) is 17.1 Å². The van der Waals surface area contributed by atoms with E-state index in [1.165, 1.54) is 61.0 Å². The summed E-state index contributed by atoms with van der Waals surface area (Å²) in [5, 5.41) is 4.58. The minimum Gasteiger partial charge on any atom is -0.455 e. The van der Waals surface area contributed by atoms with Gasteiger partial charge in [-0.2, -0.15) is 0 Å². The maximum Gasteiger partial charge on any atom is 0.143 e. The third-order valence-corrected chi connectivity index (χ3v) is 13.7. The van der Waals surface area contributed by atoms with E-state index in [-0.39, 0.29) is 10.8 Å². The molecule has 12 rings (SSSR count). The molecule has 10 aromatic rings. The van der Waals surface area contributed by atoms with Crippen molar-refractivity contribution >= 4 is 49.8 Å². The van der Waals surface area contributed by atoms with Gasteiger partial charge >= 0.3 is 0 Å². The lowest BCUT2D eigenvalue weighted by molar-refractivity contribution is 0.660. The molecule has 2 nitrogen and oxygen atoms in total. The summed E-state index contributed by atoms with van der Waals surface area (Å²) in [6.45, 7) is 9.46. The van der Waals surface area contributed by atoms with Crippen LogP contribution in [0.3, 0.4) is 0 Å². The Kier molecular flexibility index (Phi) is 7.36. The number of hydrogen-bond acceptors (Lipinski definition) is 2. The zero-order valence-corrected chi connectivity index (χ0v) is 34.3. The number of benzene rings is 9. The van der Waals surface area contributed by atoms with Crippen LogP contribution >= 0.6 is 0 Å². The van der Waals surface area contributed by atoms with Crippen molar-refractivity contribution in [3.63, 3.8) is 0 Å². The molecule has 0 amide bonds. The fourth-order valence-corrected chi connectivity index (χ4v) is 10.7. The fraction of sp³-hybridized carbons (Fsp3) is 0.103. The molecule has 1 aromatic heterocycles. The number of furan rings is 1. The van der Waals surface area contributed by atoms with E-state index in [1.807, 2.05) is 0 Å². The predicted octanol–water partition coefficient (Wildman–Crippen LogP) is 16.2. The van der Waals surface area contributed by atoms with E-state index in [0.29, 0.717) is 0 Å². The molecule has 2 aliphatic rings. The Balaban J connectivity index is 1.09. The van der Waals surface area contributed by atoms with E-state index in [1.54, 1.807) is 0 Å². The molecule has 0 bridgehead atoms. The van der Waals surface area contributed by atoms with Gasteiger partial charge in [-0.3, -0.25) is 0 Å². The lowest BCUT2D eigenvalue weighted by Gasteiger charge is -2.30. The van der Waals surface area contributed by atoms with Gasteiger partial charge in [0.1, 0.15) is 11.2 Å². The molecule has 2 heteroatoms. The normalized spacial score (nSPS) is 14.3. The minimum atomic E-state index is -0.146. The van der Waals surface area contributed by atoms with Crippen LogP contribution in [0.25, 0.3) is 77.2 Å². The lowest BCUT2D eigenvalue weighted by atomic mass is 9.82. The zero-order chi connectivity index (χ0) is 40.3. The zero-order valence-electron chi connectivity index (χ0n) is 34.3. The standard InChI is InChI=1S/C58H43NO/c1-57(2)49-26-11-8-22-46(49)54-45(24-14-27-50(54)57)44-21-9-12-28-52(44)59(39-31-33-43-42-20-7-10-25-48(42)58(3,4)51(43)35-39)38-18-13-17-37(34-38)40-23-15-29-53-55(40)47-32-30-36-16-5-6-19-41(36)56(47)60-53/h5-35H,1-4H3. The summed E-state index contributed by atoms with van der Waals surface area (Å²) in [4.78, 5) is 2.49. The summed E-state index contributed by atoms with van der Waals surface area (Å²) >= 11 is 0.